The molecule has 2 aromatic heterocycles. The van der Waals surface area contributed by atoms with Crippen LogP contribution in [0.25, 0.3) is 4.85 Å². The van der Waals surface area contributed by atoms with Crippen molar-refractivity contribution in [3.05, 3.63) is 198 Å². The van der Waals surface area contributed by atoms with Crippen LogP contribution in [0.1, 0.15) is 245 Å². The molecule has 0 radical (unpaired) electrons. The van der Waals surface area contributed by atoms with Gasteiger partial charge in [0.25, 0.3) is 29.5 Å². The van der Waals surface area contributed by atoms with Crippen molar-refractivity contribution in [2.45, 2.75) is 233 Å². The molecular formula is C107H129Cl3F3N19O15. The lowest BCUT2D eigenvalue weighted by Crippen LogP contribution is -2.74. The summed E-state index contributed by atoms with van der Waals surface area (Å²) in [5, 5.41) is 44.5. The zero-order valence-corrected chi connectivity index (χ0v) is 86.3. The van der Waals surface area contributed by atoms with E-state index in [0.717, 1.165) is 147 Å². The molecule has 2 saturated carbocycles. The number of piperazine rings is 2. The summed E-state index contributed by atoms with van der Waals surface area (Å²) in [6.07, 6.45) is 15.8. The largest absolute Gasteiger partial charge is 0.489 e. The Morgan fingerprint density at radius 2 is 0.891 bits per heavy atom. The van der Waals surface area contributed by atoms with Gasteiger partial charge in [0, 0.05) is 193 Å². The molecule has 7 fully saturated rings. The molecule has 147 heavy (non-hydrogen) atoms. The third kappa shape index (κ3) is 26.0. The van der Waals surface area contributed by atoms with Crippen molar-refractivity contribution in [3.63, 3.8) is 0 Å². The number of piperidine rings is 3. The highest BCUT2D eigenvalue weighted by atomic mass is 35.5. The zero-order valence-electron chi connectivity index (χ0n) is 84.0. The second-order valence-corrected chi connectivity index (χ2v) is 41.8. The van der Waals surface area contributed by atoms with Crippen molar-refractivity contribution in [1.29, 1.82) is 5.26 Å². The minimum absolute atomic E-state index is 0. The molecule has 0 spiro atoms. The van der Waals surface area contributed by atoms with Crippen molar-refractivity contribution in [1.82, 2.24) is 61.5 Å². The number of carbonyl (C=O) groups excluding carboxylic acids is 12. The number of aliphatic hydroxyl groups is 1. The molecule has 10 N–H and O–H groups in total. The molecule has 40 heteroatoms. The number of aliphatic hydroxyl groups excluding tert-OH is 1. The van der Waals surface area contributed by atoms with Gasteiger partial charge in [-0.15, -0.1) is 12.4 Å². The first-order chi connectivity index (χ1) is 69.8. The van der Waals surface area contributed by atoms with E-state index in [0.29, 0.717) is 104 Å². The Hall–Kier alpha value is -13.0. The molecule has 10 aliphatic rings. The van der Waals surface area contributed by atoms with E-state index in [-0.39, 0.29) is 187 Å². The van der Waals surface area contributed by atoms with Crippen molar-refractivity contribution >= 4 is 141 Å². The molecule has 11 amide bonds. The second-order valence-electron chi connectivity index (χ2n) is 41.0. The number of imide groups is 3. The number of pyridine rings is 2. The predicted molar refractivity (Wildman–Crippen MR) is 551 cm³/mol. The Morgan fingerprint density at radius 3 is 1.25 bits per heavy atom. The number of hydrogen-bond acceptors (Lipinski definition) is 25. The number of halogens is 6. The number of ether oxygens (including phenoxy) is 2. The first-order valence-electron chi connectivity index (χ1n) is 50.2. The molecule has 2 aliphatic carbocycles. The monoisotopic (exact) mass is 2080 g/mol. The molecule has 5 aromatic carbocycles. The zero-order chi connectivity index (χ0) is 105. The van der Waals surface area contributed by atoms with Gasteiger partial charge < -0.3 is 75.8 Å². The predicted octanol–water partition coefficient (Wildman–Crippen LogP) is 14.0. The van der Waals surface area contributed by atoms with Gasteiger partial charge in [-0.3, -0.25) is 73.6 Å². The van der Waals surface area contributed by atoms with Crippen LogP contribution in [0.2, 0.25) is 10.0 Å². The third-order valence-corrected chi connectivity index (χ3v) is 29.9. The number of aromatic nitrogens is 2. The van der Waals surface area contributed by atoms with Gasteiger partial charge in [0.15, 0.2) is 0 Å². The van der Waals surface area contributed by atoms with Gasteiger partial charge in [0.1, 0.15) is 83.3 Å². The van der Waals surface area contributed by atoms with Crippen LogP contribution in [0, 0.1) is 57.0 Å². The second kappa shape index (κ2) is 49.2. The van der Waals surface area contributed by atoms with Crippen LogP contribution < -0.4 is 67.1 Å². The highest BCUT2D eigenvalue weighted by Gasteiger charge is 2.66. The third-order valence-electron chi connectivity index (χ3n) is 29.3. The van der Waals surface area contributed by atoms with Crippen molar-refractivity contribution in [3.8, 4) is 17.6 Å². The molecule has 7 aromatic rings. The number of carbonyl (C=O) groups is 12. The Labute approximate surface area is 869 Å². The lowest BCUT2D eigenvalue weighted by atomic mass is 9.49. The standard InChI is InChI=1S/C44H52ClFN8O5.C25H30ClN5O2.C19H24FN3O4.C19H22FN3O4.ClH/c1-43(2)41(44(3,4)42(43)59-30-11-9-27(24-47)32(45)22-30)51-38(56)28-10-13-36(49-25-28)53-19-17-52(18-20-53)16-8-6-5-7-15-48-34-21-29-26-54(40(58)31(29)23-33(34)46)35-12-14-37(55)50-39(35)57;1-24(2)22(25(3,4)23(24)33-17-7-8-19(27-5)18(26)14-17)30-21(32)16-6-9-20(29-15-16)31-12-10-28-11-13-31;2*20-14-10-13-12(9-15(14)21-7-3-1-2-4-8-24)11-23(19(13)27)16-5-6-17(25)22-18(16)26;/h9-11,13,21-23,25,35,41-42,48H,5-8,12,14-20,26H2,1-4H3,(H,51,56)(H,50,55,57);6-9,14-15,22-23,28H,10-13H2,1-4H3,(H,30,32);9-10,16,21,24H,1-8,11H2,(H,22,25,26);8-10,16,21H,1-7,11H2,(H,22,25,26);1H. The molecule has 784 valence electrons. The Balaban J connectivity index is 0.000000175. The van der Waals surface area contributed by atoms with Crippen molar-refractivity contribution < 1.29 is 85.3 Å². The number of amides is 11. The Kier molecular flexibility index (Phi) is 37.2. The van der Waals surface area contributed by atoms with Crippen LogP contribution in [0.15, 0.2) is 109 Å². The molecule has 10 heterocycles. The average Bonchev–Trinajstić information content (AvgIpc) is 1.61. The van der Waals surface area contributed by atoms with Gasteiger partial charge in [-0.1, -0.05) is 117 Å². The van der Waals surface area contributed by atoms with E-state index in [1.807, 2.05) is 24.3 Å². The topological polar surface area (TPSA) is 425 Å². The van der Waals surface area contributed by atoms with Gasteiger partial charge in [-0.25, -0.2) is 28.0 Å². The van der Waals surface area contributed by atoms with Gasteiger partial charge >= 0.3 is 0 Å². The van der Waals surface area contributed by atoms with Gasteiger partial charge in [-0.2, -0.15) is 5.26 Å². The fourth-order valence-corrected chi connectivity index (χ4v) is 22.3. The highest BCUT2D eigenvalue weighted by molar-refractivity contribution is 6.33. The van der Waals surface area contributed by atoms with E-state index >= 15 is 0 Å². The molecule has 34 nitrogen and oxygen atoms in total. The number of nitrogens with zero attached hydrogens (tertiary/aromatic N) is 10. The quantitative estimate of drug-likeness (QED) is 0.00763. The van der Waals surface area contributed by atoms with E-state index < -0.39 is 53.3 Å². The molecule has 8 aliphatic heterocycles. The number of benzene rings is 5. The van der Waals surface area contributed by atoms with Crippen LogP contribution in [-0.2, 0) is 53.2 Å². The number of rotatable bonds is 35. The lowest BCUT2D eigenvalue weighted by molar-refractivity contribution is -0.164. The van der Waals surface area contributed by atoms with E-state index in [1.54, 1.807) is 67.0 Å². The van der Waals surface area contributed by atoms with Gasteiger partial charge in [0.05, 0.1) is 50.4 Å². The van der Waals surface area contributed by atoms with Crippen LogP contribution in [0.3, 0.4) is 0 Å². The van der Waals surface area contributed by atoms with Crippen LogP contribution in [0.4, 0.5) is 47.6 Å². The molecule has 0 bridgehead atoms. The van der Waals surface area contributed by atoms with Crippen LogP contribution >= 0.6 is 35.6 Å². The maximum Gasteiger partial charge on any atom is 0.255 e. The van der Waals surface area contributed by atoms with E-state index in [2.05, 4.69) is 139 Å². The summed E-state index contributed by atoms with van der Waals surface area (Å²) in [4.78, 5) is 169. The van der Waals surface area contributed by atoms with Gasteiger partial charge in [-0.05, 0) is 166 Å². The summed E-state index contributed by atoms with van der Waals surface area (Å²) in [5.41, 5.74) is 4.31. The van der Waals surface area contributed by atoms with E-state index in [1.165, 1.54) is 32.9 Å². The number of nitriles is 1. The SMILES string of the molecule is CC1(C)C(NC(=O)c2ccc(N3CCN(CCCCCCNc4cc5c(cc4F)C(=O)N(C4CCC(=O)NC4=O)C5)CC3)nc2)C(C)(C)C1Oc1ccc(C#N)c(Cl)c1.Cl.O=C1CCC(N2Cc3cc(NCCCCCCO)c(F)cc3C2=O)C(=O)N1.O=CCCCCCNc1cc2c(cc1F)C(=O)N(C1CCC(=O)NC1=O)C2.[C-]#[N+]c1ccc(OC2C(C)(C)C(NC(=O)c3ccc(N4CCNCC4)nc3)C2(C)C)cc1Cl. The number of fused-ring (bicyclic) bond motifs is 3. The summed E-state index contributed by atoms with van der Waals surface area (Å²) in [6.45, 7) is 34.7. The normalized spacial score (nSPS) is 21.2. The molecular weight excluding hydrogens is 1950 g/mol. The first kappa shape index (κ1) is 111. The van der Waals surface area contributed by atoms with Crippen LogP contribution in [-0.4, -0.2) is 234 Å². The first-order valence-corrected chi connectivity index (χ1v) is 50.9. The molecule has 3 unspecified atom stereocenters. The fourth-order valence-electron chi connectivity index (χ4n) is 21.9. The summed E-state index contributed by atoms with van der Waals surface area (Å²) in [5.74, 6) is -2.49. The summed E-state index contributed by atoms with van der Waals surface area (Å²) < 4.78 is 56.3. The Bertz CT molecular complexity index is 6120. The smallest absolute Gasteiger partial charge is 0.255 e. The van der Waals surface area contributed by atoms with Gasteiger partial charge in [0.2, 0.25) is 41.1 Å². The fraction of sp³-hybridized carbons (Fsp3) is 0.495. The Morgan fingerprint density at radius 1 is 0.510 bits per heavy atom. The minimum Gasteiger partial charge on any atom is -0.489 e. The molecule has 17 rings (SSSR count). The summed E-state index contributed by atoms with van der Waals surface area (Å²) in [7, 11) is 0. The van der Waals surface area contributed by atoms with Crippen LogP contribution in [0.5, 0.6) is 11.5 Å². The maximum absolute atomic E-state index is 14.9. The highest BCUT2D eigenvalue weighted by Crippen LogP contribution is 2.57. The summed E-state index contributed by atoms with van der Waals surface area (Å²) in [6, 6.07) is 25.9. The number of hydrogen-bond donors (Lipinski definition) is 10. The number of aldehydes is 1. The van der Waals surface area contributed by atoms with Crippen molar-refractivity contribution in [2.24, 2.45) is 21.7 Å². The lowest BCUT2D eigenvalue weighted by Gasteiger charge is -2.63. The number of unbranched alkanes of at least 4 members (excludes halogenated alkanes) is 9. The number of nitrogens with one attached hydrogen (secondary N) is 9. The summed E-state index contributed by atoms with van der Waals surface area (Å²) >= 11 is 12.4. The molecule has 3 atom stereocenters. The average molecular weight is 2080 g/mol. The van der Waals surface area contributed by atoms with E-state index in [9.17, 15) is 76.0 Å². The van der Waals surface area contributed by atoms with E-state index in [4.69, 9.17) is 44.4 Å². The number of anilines is 5. The minimum atomic E-state index is -0.729. The maximum atomic E-state index is 14.9. The molecule has 5 saturated heterocycles. The van der Waals surface area contributed by atoms with Crippen molar-refractivity contribution in [2.75, 3.05) is 111 Å².